The zero-order valence-corrected chi connectivity index (χ0v) is 18.3. The largest absolute Gasteiger partial charge is 0.293 e. The van der Waals surface area contributed by atoms with Gasteiger partial charge in [-0.2, -0.15) is 0 Å². The first-order valence-corrected chi connectivity index (χ1v) is 11.0. The third-order valence-electron chi connectivity index (χ3n) is 4.92. The lowest BCUT2D eigenvalue weighted by molar-refractivity contribution is 0.0779. The molecule has 0 bridgehead atoms. The summed E-state index contributed by atoms with van der Waals surface area (Å²) >= 11 is 26.1. The van der Waals surface area contributed by atoms with Gasteiger partial charge in [-0.05, 0) is 55.0 Å². The highest BCUT2D eigenvalue weighted by Crippen LogP contribution is 2.43. The Bertz CT molecular complexity index is 1010. The minimum Gasteiger partial charge on any atom is -0.293 e. The van der Waals surface area contributed by atoms with Crippen LogP contribution in [0.15, 0.2) is 36.7 Å². The molecule has 144 valence electrons. The van der Waals surface area contributed by atoms with Crippen molar-refractivity contribution in [1.29, 1.82) is 0 Å². The van der Waals surface area contributed by atoms with E-state index in [1.807, 2.05) is 12.1 Å². The average molecular weight is 472 g/mol. The predicted octanol–water partition coefficient (Wildman–Crippen LogP) is 7.27. The summed E-state index contributed by atoms with van der Waals surface area (Å²) in [4.78, 5) is 21.8. The van der Waals surface area contributed by atoms with Gasteiger partial charge >= 0.3 is 0 Å². The number of carbonyl (C=O) groups is 1. The van der Waals surface area contributed by atoms with Crippen LogP contribution in [0.3, 0.4) is 0 Å². The van der Waals surface area contributed by atoms with Crippen LogP contribution in [0.2, 0.25) is 20.2 Å². The zero-order chi connectivity index (χ0) is 19.8. The van der Waals surface area contributed by atoms with Crippen LogP contribution in [0.4, 0.5) is 0 Å². The lowest BCUT2D eigenvalue weighted by atomic mass is 9.70. The first kappa shape index (κ1) is 20.1. The molecule has 3 aromatic rings. The third-order valence-corrected chi connectivity index (χ3v) is 7.32. The molecule has 4 rings (SSSR count). The van der Waals surface area contributed by atoms with Gasteiger partial charge in [-0.1, -0.05) is 46.4 Å². The van der Waals surface area contributed by atoms with Crippen molar-refractivity contribution in [3.8, 4) is 10.6 Å². The molecule has 1 aromatic carbocycles. The Labute approximate surface area is 186 Å². The maximum absolute atomic E-state index is 12.9. The van der Waals surface area contributed by atoms with Crippen molar-refractivity contribution in [2.24, 2.45) is 11.8 Å². The van der Waals surface area contributed by atoms with Crippen LogP contribution in [-0.4, -0.2) is 15.8 Å². The number of aromatic nitrogens is 2. The third kappa shape index (κ3) is 4.07. The average Bonchev–Trinajstić information content (AvgIpc) is 3.01. The Morgan fingerprint density at radius 1 is 1.14 bits per heavy atom. The van der Waals surface area contributed by atoms with Crippen LogP contribution >= 0.6 is 57.7 Å². The minimum atomic E-state index is -0.0467. The van der Waals surface area contributed by atoms with Gasteiger partial charge < -0.3 is 0 Å². The Balaban J connectivity index is 1.43. The fourth-order valence-electron chi connectivity index (χ4n) is 3.42. The molecule has 2 aromatic heterocycles. The number of hydrogen-bond acceptors (Lipinski definition) is 4. The molecule has 0 amide bonds. The molecule has 2 heterocycles. The smallest absolute Gasteiger partial charge is 0.179 e. The summed E-state index contributed by atoms with van der Waals surface area (Å²) in [5, 5.41) is 2.63. The van der Waals surface area contributed by atoms with Gasteiger partial charge in [-0.15, -0.1) is 11.3 Å². The maximum Gasteiger partial charge on any atom is 0.179 e. The van der Waals surface area contributed by atoms with Gasteiger partial charge in [0.25, 0.3) is 0 Å². The monoisotopic (exact) mass is 470 g/mol. The number of rotatable bonds is 5. The molecule has 0 saturated heterocycles. The summed E-state index contributed by atoms with van der Waals surface area (Å²) in [6, 6.07) is 7.12. The number of hydrogen-bond donors (Lipinski definition) is 0. The van der Waals surface area contributed by atoms with Gasteiger partial charge in [-0.3, -0.25) is 9.78 Å². The minimum absolute atomic E-state index is 0.0467. The molecule has 0 N–H and O–H groups in total. The second kappa shape index (κ2) is 8.29. The van der Waals surface area contributed by atoms with Crippen LogP contribution in [-0.2, 0) is 6.42 Å². The second-order valence-electron chi connectivity index (χ2n) is 6.83. The number of carbonyl (C=O) groups excluding carboxylic acids is 1. The van der Waals surface area contributed by atoms with Gasteiger partial charge in [0.2, 0.25) is 0 Å². The molecule has 0 atom stereocenters. The number of Topliss-reactive ketones (excluding diaryl/α,β-unsaturated/α-hetero) is 1. The van der Waals surface area contributed by atoms with E-state index >= 15 is 0 Å². The quantitative estimate of drug-likeness (QED) is 0.367. The Hall–Kier alpha value is -1.17. The molecule has 0 unspecified atom stereocenters. The lowest BCUT2D eigenvalue weighted by Crippen LogP contribution is -2.31. The summed E-state index contributed by atoms with van der Waals surface area (Å²) in [6.45, 7) is 0. The normalized spacial score (nSPS) is 18.7. The van der Waals surface area contributed by atoms with Gasteiger partial charge in [0.05, 0.1) is 0 Å². The van der Waals surface area contributed by atoms with Crippen molar-refractivity contribution in [1.82, 2.24) is 9.97 Å². The van der Waals surface area contributed by atoms with Gasteiger partial charge in [0.1, 0.15) is 9.88 Å². The number of pyridine rings is 1. The first-order chi connectivity index (χ1) is 13.4. The lowest BCUT2D eigenvalue weighted by Gasteiger charge is -2.34. The summed E-state index contributed by atoms with van der Waals surface area (Å²) in [6.07, 6.45) is 5.70. The highest BCUT2D eigenvalue weighted by Gasteiger charge is 2.37. The molecule has 1 saturated carbocycles. The number of halogens is 4. The van der Waals surface area contributed by atoms with E-state index < -0.39 is 0 Å². The topological polar surface area (TPSA) is 42.9 Å². The molecule has 3 nitrogen and oxygen atoms in total. The van der Waals surface area contributed by atoms with E-state index in [0.717, 1.165) is 30.4 Å². The van der Waals surface area contributed by atoms with Crippen LogP contribution in [0.1, 0.15) is 28.1 Å². The van der Waals surface area contributed by atoms with Crippen LogP contribution < -0.4 is 0 Å². The highest BCUT2D eigenvalue weighted by atomic mass is 35.5. The van der Waals surface area contributed by atoms with E-state index in [-0.39, 0.29) is 16.9 Å². The van der Waals surface area contributed by atoms with Crippen LogP contribution in [0.25, 0.3) is 10.6 Å². The number of thiazole rings is 1. The molecule has 0 aliphatic heterocycles. The van der Waals surface area contributed by atoms with Crippen molar-refractivity contribution in [2.45, 2.75) is 19.3 Å². The first-order valence-electron chi connectivity index (χ1n) is 8.66. The van der Waals surface area contributed by atoms with E-state index in [9.17, 15) is 4.79 Å². The Kier molecular flexibility index (Phi) is 5.96. The summed E-state index contributed by atoms with van der Waals surface area (Å²) in [5.41, 5.74) is 1.74. The fraction of sp³-hybridized carbons (Fsp3) is 0.250. The molecule has 0 radical (unpaired) electrons. The Morgan fingerprint density at radius 2 is 1.86 bits per heavy atom. The number of benzene rings is 1. The van der Waals surface area contributed by atoms with Gasteiger partial charge in [0.15, 0.2) is 10.9 Å². The summed E-state index contributed by atoms with van der Waals surface area (Å²) < 4.78 is 0. The molecule has 1 aliphatic rings. The van der Waals surface area contributed by atoms with E-state index in [4.69, 9.17) is 46.4 Å². The summed E-state index contributed by atoms with van der Waals surface area (Å²) in [7, 11) is 0. The molecular formula is C20H14Cl4N2OS. The molecular weight excluding hydrogens is 458 g/mol. The van der Waals surface area contributed by atoms with Crippen LogP contribution in [0.5, 0.6) is 0 Å². The molecule has 1 aliphatic carbocycles. The molecule has 28 heavy (non-hydrogen) atoms. The standard InChI is InChI=1S/C20H14Cl4N2OS/c21-13-7-15(22)14(16(23)8-13)6-10-4-12(5-10)17(27)18-19(24)26-20(28-18)11-2-1-3-25-9-11/h1-3,7-10,12H,4-6H2. The van der Waals surface area contributed by atoms with Crippen molar-refractivity contribution >= 4 is 63.5 Å². The van der Waals surface area contributed by atoms with Crippen molar-refractivity contribution in [3.63, 3.8) is 0 Å². The van der Waals surface area contributed by atoms with Crippen molar-refractivity contribution in [2.75, 3.05) is 0 Å². The highest BCUT2D eigenvalue weighted by molar-refractivity contribution is 7.17. The van der Waals surface area contributed by atoms with Gasteiger partial charge in [0, 0.05) is 38.9 Å². The molecule has 8 heteroatoms. The van der Waals surface area contributed by atoms with Crippen molar-refractivity contribution in [3.05, 3.63) is 67.3 Å². The SMILES string of the molecule is O=C(c1sc(-c2cccnc2)nc1Cl)C1CC(Cc2c(Cl)cc(Cl)cc2Cl)C1. The fourth-order valence-corrected chi connectivity index (χ4v) is 5.70. The van der Waals surface area contributed by atoms with E-state index in [2.05, 4.69) is 9.97 Å². The number of ketones is 1. The van der Waals surface area contributed by atoms with E-state index in [0.29, 0.717) is 30.9 Å². The summed E-state index contributed by atoms with van der Waals surface area (Å²) in [5.74, 6) is 0.367. The van der Waals surface area contributed by atoms with E-state index in [1.165, 1.54) is 11.3 Å². The molecule has 1 fully saturated rings. The zero-order valence-electron chi connectivity index (χ0n) is 14.5. The second-order valence-corrected chi connectivity index (χ2v) is 9.44. The van der Waals surface area contributed by atoms with E-state index in [1.54, 1.807) is 24.5 Å². The maximum atomic E-state index is 12.9. The Morgan fingerprint density at radius 3 is 2.50 bits per heavy atom. The van der Waals surface area contributed by atoms with Gasteiger partial charge in [-0.25, -0.2) is 4.98 Å². The van der Waals surface area contributed by atoms with Crippen LogP contribution in [0, 0.1) is 11.8 Å². The molecule has 0 spiro atoms. The predicted molar refractivity (Wildman–Crippen MR) is 116 cm³/mol. The van der Waals surface area contributed by atoms with Crippen molar-refractivity contribution < 1.29 is 4.79 Å². The number of nitrogens with zero attached hydrogens (tertiary/aromatic N) is 2.